The van der Waals surface area contributed by atoms with Crippen LogP contribution >= 0.6 is 27.5 Å². The van der Waals surface area contributed by atoms with Gasteiger partial charge in [0.25, 0.3) is 0 Å². The Kier molecular flexibility index (Phi) is 8.29. The van der Waals surface area contributed by atoms with Crippen LogP contribution in [0.4, 0.5) is 5.69 Å². The lowest BCUT2D eigenvalue weighted by Gasteiger charge is -2.16. The van der Waals surface area contributed by atoms with Crippen molar-refractivity contribution in [2.75, 3.05) is 18.5 Å². The van der Waals surface area contributed by atoms with E-state index in [2.05, 4.69) is 21.2 Å². The zero-order chi connectivity index (χ0) is 21.3. The monoisotopic (exact) mass is 489 g/mol. The van der Waals surface area contributed by atoms with Gasteiger partial charge in [0.1, 0.15) is 12.4 Å². The molecule has 0 unspecified atom stereocenters. The van der Waals surface area contributed by atoms with E-state index in [1.807, 2.05) is 74.5 Å². The van der Waals surface area contributed by atoms with Crippen LogP contribution in [0.15, 0.2) is 65.1 Å². The average molecular weight is 491 g/mol. The average Bonchev–Trinajstić information content (AvgIpc) is 2.74. The van der Waals surface area contributed by atoms with Crippen molar-refractivity contribution in [1.82, 2.24) is 0 Å². The fourth-order valence-corrected chi connectivity index (χ4v) is 3.45. The van der Waals surface area contributed by atoms with Gasteiger partial charge in [-0.05, 0) is 73.5 Å². The maximum Gasteiger partial charge on any atom is 0.180 e. The normalized spacial score (nSPS) is 10.5. The second-order valence-electron chi connectivity index (χ2n) is 6.56. The van der Waals surface area contributed by atoms with Crippen molar-refractivity contribution in [2.24, 2.45) is 0 Å². The van der Waals surface area contributed by atoms with Crippen molar-refractivity contribution in [1.29, 1.82) is 0 Å². The smallest absolute Gasteiger partial charge is 0.180 e. The van der Waals surface area contributed by atoms with E-state index in [4.69, 9.17) is 25.8 Å². The van der Waals surface area contributed by atoms with Gasteiger partial charge in [-0.25, -0.2) is 0 Å². The van der Waals surface area contributed by atoms with Crippen LogP contribution in [0.5, 0.6) is 17.2 Å². The molecule has 0 aliphatic rings. The van der Waals surface area contributed by atoms with Gasteiger partial charge in [0.05, 0.1) is 18.2 Å². The summed E-state index contributed by atoms with van der Waals surface area (Å²) in [4.78, 5) is 0. The molecule has 1 N–H and O–H groups in total. The SMILES string of the molecule is CCOc1ccc(NCc2cc(Cl)c(OCc3ccc(Br)cc3)c(OCC)c2)cc1. The molecule has 158 valence electrons. The van der Waals surface area contributed by atoms with Gasteiger partial charge in [-0.2, -0.15) is 0 Å². The van der Waals surface area contributed by atoms with Crippen molar-refractivity contribution in [3.8, 4) is 17.2 Å². The van der Waals surface area contributed by atoms with Crippen LogP contribution in [0.25, 0.3) is 0 Å². The van der Waals surface area contributed by atoms with Gasteiger partial charge in [0.2, 0.25) is 0 Å². The molecule has 0 bridgehead atoms. The predicted molar refractivity (Wildman–Crippen MR) is 126 cm³/mol. The van der Waals surface area contributed by atoms with Crippen LogP contribution in [0.2, 0.25) is 5.02 Å². The lowest BCUT2D eigenvalue weighted by molar-refractivity contribution is 0.269. The summed E-state index contributed by atoms with van der Waals surface area (Å²) >= 11 is 9.98. The molecule has 3 rings (SSSR count). The van der Waals surface area contributed by atoms with Gasteiger partial charge in [-0.1, -0.05) is 39.7 Å². The third kappa shape index (κ3) is 6.31. The van der Waals surface area contributed by atoms with Crippen LogP contribution < -0.4 is 19.5 Å². The van der Waals surface area contributed by atoms with Crippen LogP contribution in [-0.2, 0) is 13.2 Å². The van der Waals surface area contributed by atoms with Gasteiger partial charge < -0.3 is 19.5 Å². The Morgan fingerprint density at radius 3 is 2.20 bits per heavy atom. The summed E-state index contributed by atoms with van der Waals surface area (Å²) < 4.78 is 18.3. The summed E-state index contributed by atoms with van der Waals surface area (Å²) in [6.07, 6.45) is 0. The van der Waals surface area contributed by atoms with Gasteiger partial charge in [-0.15, -0.1) is 0 Å². The molecule has 0 aliphatic carbocycles. The highest BCUT2D eigenvalue weighted by atomic mass is 79.9. The summed E-state index contributed by atoms with van der Waals surface area (Å²) in [6.45, 7) is 6.12. The van der Waals surface area contributed by atoms with Crippen molar-refractivity contribution >= 4 is 33.2 Å². The highest BCUT2D eigenvalue weighted by Gasteiger charge is 2.13. The Labute approximate surface area is 191 Å². The van der Waals surface area contributed by atoms with E-state index in [1.54, 1.807) is 0 Å². The standard InChI is InChI=1S/C24H25BrClNO3/c1-3-28-21-11-9-20(10-12-21)27-15-18-13-22(26)24(23(14-18)29-4-2)30-16-17-5-7-19(25)8-6-17/h5-14,27H,3-4,15-16H2,1-2H3. The summed E-state index contributed by atoms with van der Waals surface area (Å²) in [5.74, 6) is 2.06. The number of halogens is 2. The lowest BCUT2D eigenvalue weighted by Crippen LogP contribution is -2.04. The fourth-order valence-electron chi connectivity index (χ4n) is 2.90. The Morgan fingerprint density at radius 1 is 0.833 bits per heavy atom. The molecule has 0 aliphatic heterocycles. The summed E-state index contributed by atoms with van der Waals surface area (Å²) in [5.41, 5.74) is 3.06. The van der Waals surface area contributed by atoms with Crippen LogP contribution in [0.3, 0.4) is 0 Å². The summed E-state index contributed by atoms with van der Waals surface area (Å²) in [5, 5.41) is 3.92. The Hall–Kier alpha value is -2.37. The number of ether oxygens (including phenoxy) is 3. The molecular formula is C24H25BrClNO3. The van der Waals surface area contributed by atoms with Crippen LogP contribution in [-0.4, -0.2) is 13.2 Å². The van der Waals surface area contributed by atoms with E-state index in [1.165, 1.54) is 0 Å². The molecular weight excluding hydrogens is 466 g/mol. The molecule has 0 heterocycles. The largest absolute Gasteiger partial charge is 0.494 e. The predicted octanol–water partition coefficient (Wildman–Crippen LogP) is 7.09. The summed E-state index contributed by atoms with van der Waals surface area (Å²) in [6, 6.07) is 19.7. The van der Waals surface area contributed by atoms with E-state index < -0.39 is 0 Å². The molecule has 0 amide bonds. The molecule has 0 atom stereocenters. The lowest BCUT2D eigenvalue weighted by atomic mass is 10.2. The first kappa shape index (κ1) is 22.3. The molecule has 0 radical (unpaired) electrons. The molecule has 30 heavy (non-hydrogen) atoms. The molecule has 0 saturated heterocycles. The van der Waals surface area contributed by atoms with Crippen molar-refractivity contribution in [2.45, 2.75) is 27.0 Å². The number of benzene rings is 3. The van der Waals surface area contributed by atoms with Crippen molar-refractivity contribution in [3.63, 3.8) is 0 Å². The summed E-state index contributed by atoms with van der Waals surface area (Å²) in [7, 11) is 0. The Bertz CT molecular complexity index is 946. The number of anilines is 1. The van der Waals surface area contributed by atoms with Gasteiger partial charge in [0, 0.05) is 16.7 Å². The van der Waals surface area contributed by atoms with Crippen molar-refractivity contribution < 1.29 is 14.2 Å². The second kappa shape index (κ2) is 11.1. The van der Waals surface area contributed by atoms with E-state index in [9.17, 15) is 0 Å². The number of hydrogen-bond acceptors (Lipinski definition) is 4. The minimum Gasteiger partial charge on any atom is -0.494 e. The van der Waals surface area contributed by atoms with E-state index >= 15 is 0 Å². The molecule has 0 fully saturated rings. The highest BCUT2D eigenvalue weighted by Crippen LogP contribution is 2.37. The molecule has 0 aromatic heterocycles. The number of rotatable bonds is 10. The third-order valence-electron chi connectivity index (χ3n) is 4.33. The van der Waals surface area contributed by atoms with E-state index in [0.717, 1.165) is 27.0 Å². The van der Waals surface area contributed by atoms with Crippen LogP contribution in [0, 0.1) is 0 Å². The first-order chi connectivity index (χ1) is 14.6. The molecule has 4 nitrogen and oxygen atoms in total. The Balaban J connectivity index is 1.69. The maximum atomic E-state index is 6.54. The number of nitrogens with one attached hydrogen (secondary N) is 1. The van der Waals surface area contributed by atoms with E-state index in [-0.39, 0.29) is 0 Å². The van der Waals surface area contributed by atoms with Gasteiger partial charge >= 0.3 is 0 Å². The topological polar surface area (TPSA) is 39.7 Å². The molecule has 0 saturated carbocycles. The zero-order valence-corrected chi connectivity index (χ0v) is 19.4. The van der Waals surface area contributed by atoms with E-state index in [0.29, 0.717) is 42.9 Å². The van der Waals surface area contributed by atoms with Gasteiger partial charge in [-0.3, -0.25) is 0 Å². The first-order valence-electron chi connectivity index (χ1n) is 9.88. The second-order valence-corrected chi connectivity index (χ2v) is 7.89. The molecule has 0 spiro atoms. The molecule has 3 aromatic carbocycles. The maximum absolute atomic E-state index is 6.54. The molecule has 3 aromatic rings. The van der Waals surface area contributed by atoms with Crippen molar-refractivity contribution in [3.05, 3.63) is 81.3 Å². The fraction of sp³-hybridized carbons (Fsp3) is 0.250. The highest BCUT2D eigenvalue weighted by molar-refractivity contribution is 9.10. The first-order valence-corrected chi connectivity index (χ1v) is 11.0. The van der Waals surface area contributed by atoms with Crippen LogP contribution in [0.1, 0.15) is 25.0 Å². The molecule has 6 heteroatoms. The Morgan fingerprint density at radius 2 is 1.53 bits per heavy atom. The number of hydrogen-bond donors (Lipinski definition) is 1. The minimum absolute atomic E-state index is 0.414. The zero-order valence-electron chi connectivity index (χ0n) is 17.1. The van der Waals surface area contributed by atoms with Gasteiger partial charge in [0.15, 0.2) is 11.5 Å². The quantitative estimate of drug-likeness (QED) is 0.329. The third-order valence-corrected chi connectivity index (χ3v) is 5.14. The minimum atomic E-state index is 0.414.